The number of allylic oxidation sites excluding steroid dienone is 14. The highest BCUT2D eigenvalue weighted by atomic mass is 16.6. The molecule has 75 heavy (non-hydrogen) atoms. The average molecular weight is 1050 g/mol. The van der Waals surface area contributed by atoms with Crippen molar-refractivity contribution in [1.82, 2.24) is 0 Å². The normalized spacial score (nSPS) is 12.6. The maximum absolute atomic E-state index is 12.9. The molecule has 0 saturated heterocycles. The van der Waals surface area contributed by atoms with Crippen molar-refractivity contribution < 1.29 is 28.6 Å². The Hall–Kier alpha value is -3.41. The van der Waals surface area contributed by atoms with Crippen LogP contribution in [0, 0.1) is 0 Å². The Balaban J connectivity index is 4.39. The minimum absolute atomic E-state index is 0.0866. The second-order valence-corrected chi connectivity index (χ2v) is 21.3. The minimum atomic E-state index is -0.793. The number of hydrogen-bond donors (Lipinski definition) is 0. The Labute approximate surface area is 465 Å². The van der Waals surface area contributed by atoms with E-state index in [-0.39, 0.29) is 31.1 Å². The molecule has 1 atom stereocenters. The quantitative estimate of drug-likeness (QED) is 0.0261. The van der Waals surface area contributed by atoms with E-state index in [4.69, 9.17) is 14.2 Å². The van der Waals surface area contributed by atoms with Crippen LogP contribution in [0.2, 0.25) is 0 Å². The van der Waals surface area contributed by atoms with Crippen molar-refractivity contribution >= 4 is 17.9 Å². The first-order valence-corrected chi connectivity index (χ1v) is 32.1. The summed E-state index contributed by atoms with van der Waals surface area (Å²) in [6.45, 7) is 6.53. The zero-order valence-electron chi connectivity index (χ0n) is 49.6. The van der Waals surface area contributed by atoms with E-state index in [9.17, 15) is 14.4 Å². The van der Waals surface area contributed by atoms with Crippen LogP contribution in [0.15, 0.2) is 85.1 Å². The summed E-state index contributed by atoms with van der Waals surface area (Å²) in [5, 5.41) is 0. The van der Waals surface area contributed by atoms with Gasteiger partial charge < -0.3 is 14.2 Å². The van der Waals surface area contributed by atoms with Gasteiger partial charge in [-0.2, -0.15) is 0 Å². The number of rotatable bonds is 58. The lowest BCUT2D eigenvalue weighted by Gasteiger charge is -2.18. The third-order valence-corrected chi connectivity index (χ3v) is 13.9. The zero-order valence-corrected chi connectivity index (χ0v) is 49.6. The van der Waals surface area contributed by atoms with E-state index in [1.54, 1.807) is 0 Å². The van der Waals surface area contributed by atoms with Gasteiger partial charge in [0, 0.05) is 19.3 Å². The third kappa shape index (κ3) is 61.3. The van der Waals surface area contributed by atoms with Crippen molar-refractivity contribution in [2.75, 3.05) is 13.2 Å². The van der Waals surface area contributed by atoms with Crippen molar-refractivity contribution in [3.63, 3.8) is 0 Å². The fourth-order valence-corrected chi connectivity index (χ4v) is 9.09. The predicted molar refractivity (Wildman–Crippen MR) is 325 cm³/mol. The van der Waals surface area contributed by atoms with Crippen LogP contribution in [0.1, 0.15) is 316 Å². The van der Waals surface area contributed by atoms with Crippen molar-refractivity contribution in [3.8, 4) is 0 Å². The molecule has 0 aliphatic carbocycles. The molecule has 0 aromatic heterocycles. The molecule has 6 heteroatoms. The van der Waals surface area contributed by atoms with E-state index < -0.39 is 6.10 Å². The second kappa shape index (κ2) is 63.1. The molecule has 0 heterocycles. The molecule has 432 valence electrons. The summed E-state index contributed by atoms with van der Waals surface area (Å²) >= 11 is 0. The number of carbonyl (C=O) groups excluding carboxylic acids is 3. The summed E-state index contributed by atoms with van der Waals surface area (Å²) < 4.78 is 16.9. The highest BCUT2D eigenvalue weighted by molar-refractivity contribution is 5.71. The third-order valence-electron chi connectivity index (χ3n) is 13.9. The van der Waals surface area contributed by atoms with Gasteiger partial charge in [0.25, 0.3) is 0 Å². The van der Waals surface area contributed by atoms with E-state index in [0.717, 1.165) is 116 Å². The zero-order chi connectivity index (χ0) is 54.3. The maximum Gasteiger partial charge on any atom is 0.306 e. The summed E-state index contributed by atoms with van der Waals surface area (Å²) in [5.74, 6) is -0.904. The average Bonchev–Trinajstić information content (AvgIpc) is 3.41. The molecule has 0 rings (SSSR count). The highest BCUT2D eigenvalue weighted by Gasteiger charge is 2.19. The maximum atomic E-state index is 12.9. The first kappa shape index (κ1) is 71.6. The Morgan fingerprint density at radius 3 is 0.813 bits per heavy atom. The van der Waals surface area contributed by atoms with Crippen LogP contribution in [0.3, 0.4) is 0 Å². The predicted octanol–water partition coefficient (Wildman–Crippen LogP) is 21.9. The summed E-state index contributed by atoms with van der Waals surface area (Å²) in [5.41, 5.74) is 0. The van der Waals surface area contributed by atoms with Crippen LogP contribution < -0.4 is 0 Å². The molecule has 0 radical (unpaired) electrons. The number of hydrogen-bond acceptors (Lipinski definition) is 6. The molecule has 0 amide bonds. The first-order chi connectivity index (χ1) is 37.0. The molecular formula is C69H120O6. The van der Waals surface area contributed by atoms with Gasteiger partial charge in [0.05, 0.1) is 0 Å². The largest absolute Gasteiger partial charge is 0.462 e. The number of unbranched alkanes of at least 4 members (excludes halogenated alkanes) is 33. The lowest BCUT2D eigenvalue weighted by molar-refractivity contribution is -0.167. The van der Waals surface area contributed by atoms with Gasteiger partial charge in [0.15, 0.2) is 6.10 Å². The number of carbonyl (C=O) groups is 3. The molecule has 1 unspecified atom stereocenters. The van der Waals surface area contributed by atoms with Gasteiger partial charge in [-0.15, -0.1) is 0 Å². The Morgan fingerprint density at radius 1 is 0.280 bits per heavy atom. The van der Waals surface area contributed by atoms with E-state index in [1.165, 1.54) is 161 Å². The fourth-order valence-electron chi connectivity index (χ4n) is 9.09. The van der Waals surface area contributed by atoms with E-state index >= 15 is 0 Å². The van der Waals surface area contributed by atoms with Crippen LogP contribution >= 0.6 is 0 Å². The lowest BCUT2D eigenvalue weighted by Crippen LogP contribution is -2.30. The van der Waals surface area contributed by atoms with Gasteiger partial charge in [0.1, 0.15) is 13.2 Å². The van der Waals surface area contributed by atoms with Gasteiger partial charge in [-0.1, -0.05) is 286 Å². The van der Waals surface area contributed by atoms with Gasteiger partial charge in [-0.05, 0) is 96.3 Å². The second-order valence-electron chi connectivity index (χ2n) is 21.3. The molecule has 0 spiro atoms. The van der Waals surface area contributed by atoms with Crippen molar-refractivity contribution in [3.05, 3.63) is 85.1 Å². The molecule has 6 nitrogen and oxygen atoms in total. The SMILES string of the molecule is CC/C=C\C/C=C\C/C=C\C/C=C\CCCCCCC(=O)OC(COC(=O)CCCCCCCCCC/C=C\C/C=C\C/C=C\CCCCCCC)COC(=O)CCCCCCCCCCCCCCCCCCC. The number of ether oxygens (including phenoxy) is 3. The highest BCUT2D eigenvalue weighted by Crippen LogP contribution is 2.16. The van der Waals surface area contributed by atoms with Gasteiger partial charge in [-0.3, -0.25) is 14.4 Å². The summed E-state index contributed by atoms with van der Waals surface area (Å²) in [6, 6.07) is 0. The lowest BCUT2D eigenvalue weighted by atomic mass is 10.0. The van der Waals surface area contributed by atoms with Gasteiger partial charge in [-0.25, -0.2) is 0 Å². The molecular weight excluding hydrogens is 925 g/mol. The first-order valence-electron chi connectivity index (χ1n) is 32.1. The molecule has 0 saturated carbocycles. The van der Waals surface area contributed by atoms with Crippen molar-refractivity contribution in [2.45, 2.75) is 322 Å². The fraction of sp³-hybridized carbons (Fsp3) is 0.754. The topological polar surface area (TPSA) is 78.9 Å². The van der Waals surface area contributed by atoms with Crippen LogP contribution in [-0.4, -0.2) is 37.2 Å². The number of esters is 3. The van der Waals surface area contributed by atoms with Crippen LogP contribution in [0.25, 0.3) is 0 Å². The molecule has 0 bridgehead atoms. The summed E-state index contributed by atoms with van der Waals surface area (Å²) in [6.07, 6.45) is 83.0. The molecule has 0 fully saturated rings. The van der Waals surface area contributed by atoms with Crippen LogP contribution in [-0.2, 0) is 28.6 Å². The van der Waals surface area contributed by atoms with E-state index in [0.29, 0.717) is 19.3 Å². The van der Waals surface area contributed by atoms with Gasteiger partial charge >= 0.3 is 17.9 Å². The smallest absolute Gasteiger partial charge is 0.306 e. The summed E-state index contributed by atoms with van der Waals surface area (Å²) in [4.78, 5) is 38.3. The molecule has 0 aromatic carbocycles. The Morgan fingerprint density at radius 2 is 0.520 bits per heavy atom. The van der Waals surface area contributed by atoms with Gasteiger partial charge in [0.2, 0.25) is 0 Å². The molecule has 0 N–H and O–H groups in total. The Bertz CT molecular complexity index is 1430. The summed E-state index contributed by atoms with van der Waals surface area (Å²) in [7, 11) is 0. The minimum Gasteiger partial charge on any atom is -0.462 e. The standard InChI is InChI=1S/C69H120O6/c1-4-7-10-13-16-19-22-25-28-31-32-33-34-35-36-39-41-44-47-50-53-56-59-62-68(71)74-65-66(75-69(72)63-60-57-54-51-48-45-42-38-30-27-24-21-18-15-12-9-6-3)64-73-67(70)61-58-55-52-49-46-43-40-37-29-26-23-20-17-14-11-8-5-2/h9,12,18,21-22,25,27,30-32,34-35,42,45,66H,4-8,10-11,13-17,19-20,23-24,26,28-29,33,36-41,43-44,46-65H2,1-3H3/b12-9-,21-18-,25-22-,30-27-,32-31-,35-34-,45-42-. The monoisotopic (exact) mass is 1040 g/mol. The van der Waals surface area contributed by atoms with E-state index in [2.05, 4.69) is 106 Å². The van der Waals surface area contributed by atoms with Crippen molar-refractivity contribution in [2.24, 2.45) is 0 Å². The van der Waals surface area contributed by atoms with Crippen molar-refractivity contribution in [1.29, 1.82) is 0 Å². The van der Waals surface area contributed by atoms with Crippen LogP contribution in [0.5, 0.6) is 0 Å². The Kier molecular flexibility index (Phi) is 60.3. The van der Waals surface area contributed by atoms with E-state index in [1.807, 2.05) is 0 Å². The molecule has 0 aliphatic heterocycles. The molecule has 0 aromatic rings. The van der Waals surface area contributed by atoms with Crippen LogP contribution in [0.4, 0.5) is 0 Å². The molecule has 0 aliphatic rings.